The molecule has 3 amide bonds. The number of nitrogens with one attached hydrogen (secondary N) is 1. The van der Waals surface area contributed by atoms with Gasteiger partial charge in [-0.1, -0.05) is 12.1 Å². The van der Waals surface area contributed by atoms with Crippen LogP contribution in [-0.4, -0.2) is 73.0 Å². The maximum Gasteiger partial charge on any atom is 0.256 e. The van der Waals surface area contributed by atoms with E-state index in [1.807, 2.05) is 0 Å². The lowest BCUT2D eigenvalue weighted by Gasteiger charge is -2.38. The number of hydrogen-bond acceptors (Lipinski definition) is 4. The van der Waals surface area contributed by atoms with Gasteiger partial charge in [0.15, 0.2) is 0 Å². The fourth-order valence-corrected chi connectivity index (χ4v) is 4.43. The third-order valence-electron chi connectivity index (χ3n) is 6.38. The summed E-state index contributed by atoms with van der Waals surface area (Å²) in [4.78, 5) is 42.2. The maximum absolute atomic E-state index is 14.1. The molecule has 2 fully saturated rings. The molecule has 0 saturated carbocycles. The first kappa shape index (κ1) is 23.8. The lowest BCUT2D eigenvalue weighted by molar-refractivity contribution is -0.139. The number of carbonyl (C=O) groups excluding carboxylic acids is 3. The quantitative estimate of drug-likeness (QED) is 0.727. The van der Waals surface area contributed by atoms with Crippen LogP contribution in [0, 0.1) is 17.6 Å². The number of carbonyl (C=O) groups is 3. The first-order chi connectivity index (χ1) is 16.4. The van der Waals surface area contributed by atoms with Crippen LogP contribution in [0.25, 0.3) is 0 Å². The highest BCUT2D eigenvalue weighted by atomic mass is 19.1. The predicted octanol–water partition coefficient (Wildman–Crippen LogP) is 2.47. The van der Waals surface area contributed by atoms with E-state index in [9.17, 15) is 23.2 Å². The number of rotatable bonds is 5. The summed E-state index contributed by atoms with van der Waals surface area (Å²) in [6.45, 7) is 2.42. The molecule has 1 N–H and O–H groups in total. The molecule has 0 bridgehead atoms. The van der Waals surface area contributed by atoms with Crippen LogP contribution in [0.5, 0.6) is 0 Å². The van der Waals surface area contributed by atoms with Crippen molar-refractivity contribution in [3.63, 3.8) is 0 Å². The van der Waals surface area contributed by atoms with Crippen LogP contribution in [0.15, 0.2) is 48.5 Å². The van der Waals surface area contributed by atoms with Gasteiger partial charge in [-0.15, -0.1) is 0 Å². The zero-order chi connectivity index (χ0) is 24.1. The Balaban J connectivity index is 1.47. The van der Waals surface area contributed by atoms with Gasteiger partial charge >= 0.3 is 0 Å². The van der Waals surface area contributed by atoms with Crippen molar-refractivity contribution < 1.29 is 27.9 Å². The Morgan fingerprint density at radius 2 is 1.53 bits per heavy atom. The van der Waals surface area contributed by atoms with Gasteiger partial charge in [0.2, 0.25) is 5.91 Å². The second-order valence-electron chi connectivity index (χ2n) is 8.51. The molecular formula is C25H27F2N3O4. The van der Waals surface area contributed by atoms with Crippen LogP contribution >= 0.6 is 0 Å². The van der Waals surface area contributed by atoms with E-state index in [1.165, 1.54) is 42.5 Å². The van der Waals surface area contributed by atoms with E-state index in [0.29, 0.717) is 52.2 Å². The number of ether oxygens (including phenoxy) is 1. The Hall–Kier alpha value is -3.33. The zero-order valence-corrected chi connectivity index (χ0v) is 18.7. The van der Waals surface area contributed by atoms with Gasteiger partial charge in [0.25, 0.3) is 11.8 Å². The molecule has 2 aromatic carbocycles. The van der Waals surface area contributed by atoms with E-state index < -0.39 is 23.6 Å². The highest BCUT2D eigenvalue weighted by molar-refractivity contribution is 5.98. The van der Waals surface area contributed by atoms with Crippen LogP contribution in [0.3, 0.4) is 0 Å². The molecule has 1 atom stereocenters. The molecule has 2 aliphatic rings. The fourth-order valence-electron chi connectivity index (χ4n) is 4.43. The van der Waals surface area contributed by atoms with E-state index in [4.69, 9.17) is 4.74 Å². The molecule has 0 spiro atoms. The number of halogens is 2. The summed E-state index contributed by atoms with van der Waals surface area (Å²) in [5.41, 5.74) is 0.278. The Kier molecular flexibility index (Phi) is 7.52. The van der Waals surface area contributed by atoms with E-state index >= 15 is 0 Å². The van der Waals surface area contributed by atoms with Gasteiger partial charge in [0.05, 0.1) is 18.8 Å². The Morgan fingerprint density at radius 3 is 2.18 bits per heavy atom. The smallest absolute Gasteiger partial charge is 0.256 e. The molecular weight excluding hydrogens is 444 g/mol. The van der Waals surface area contributed by atoms with Crippen LogP contribution in [-0.2, 0) is 9.53 Å². The zero-order valence-electron chi connectivity index (χ0n) is 18.7. The minimum Gasteiger partial charge on any atom is -0.378 e. The van der Waals surface area contributed by atoms with Crippen molar-refractivity contribution in [2.45, 2.75) is 18.9 Å². The van der Waals surface area contributed by atoms with Crippen molar-refractivity contribution in [3.05, 3.63) is 71.3 Å². The van der Waals surface area contributed by atoms with Crippen molar-refractivity contribution in [2.24, 2.45) is 5.92 Å². The second-order valence-corrected chi connectivity index (χ2v) is 8.51. The lowest BCUT2D eigenvalue weighted by Crippen LogP contribution is -2.56. The highest BCUT2D eigenvalue weighted by Crippen LogP contribution is 2.25. The molecule has 1 unspecified atom stereocenters. The number of hydrogen-bond donors (Lipinski definition) is 1. The van der Waals surface area contributed by atoms with Crippen LogP contribution in [0.1, 0.15) is 33.6 Å². The number of likely N-dealkylation sites (tertiary alicyclic amines) is 1. The molecule has 7 nitrogen and oxygen atoms in total. The summed E-state index contributed by atoms with van der Waals surface area (Å²) in [5, 5.41) is 2.85. The average molecular weight is 472 g/mol. The molecule has 9 heteroatoms. The minimum atomic E-state index is -0.790. The first-order valence-electron chi connectivity index (χ1n) is 11.4. The molecule has 180 valence electrons. The van der Waals surface area contributed by atoms with Crippen LogP contribution < -0.4 is 5.32 Å². The van der Waals surface area contributed by atoms with Gasteiger partial charge in [-0.2, -0.15) is 0 Å². The Bertz CT molecular complexity index is 1030. The van der Waals surface area contributed by atoms with E-state index in [0.717, 1.165) is 0 Å². The molecule has 2 saturated heterocycles. The number of morpholine rings is 1. The van der Waals surface area contributed by atoms with Gasteiger partial charge in [-0.05, 0) is 55.2 Å². The molecule has 2 heterocycles. The van der Waals surface area contributed by atoms with Crippen molar-refractivity contribution in [2.75, 3.05) is 39.4 Å². The molecule has 0 aliphatic carbocycles. The van der Waals surface area contributed by atoms with Crippen molar-refractivity contribution >= 4 is 17.7 Å². The number of nitrogens with zero attached hydrogens (tertiary/aromatic N) is 2. The SMILES string of the molecule is O=C(NC(C(=O)N1CCOCC1)C1CCN(C(=O)c2ccccc2F)CC1)c1ccc(F)cc1. The van der Waals surface area contributed by atoms with Gasteiger partial charge in [-0.3, -0.25) is 14.4 Å². The van der Waals surface area contributed by atoms with E-state index in [1.54, 1.807) is 15.9 Å². The van der Waals surface area contributed by atoms with Crippen molar-refractivity contribution in [1.82, 2.24) is 15.1 Å². The summed E-state index contributed by atoms with van der Waals surface area (Å²) < 4.78 is 32.7. The van der Waals surface area contributed by atoms with Crippen molar-refractivity contribution in [1.29, 1.82) is 0 Å². The normalized spacial score (nSPS) is 17.8. The predicted molar refractivity (Wildman–Crippen MR) is 120 cm³/mol. The molecule has 34 heavy (non-hydrogen) atoms. The Labute approximate surface area is 196 Å². The maximum atomic E-state index is 14.1. The van der Waals surface area contributed by atoms with E-state index in [2.05, 4.69) is 5.32 Å². The largest absolute Gasteiger partial charge is 0.378 e. The van der Waals surface area contributed by atoms with Crippen LogP contribution in [0.4, 0.5) is 8.78 Å². The number of benzene rings is 2. The molecule has 2 aliphatic heterocycles. The fraction of sp³-hybridized carbons (Fsp3) is 0.400. The molecule has 0 aromatic heterocycles. The van der Waals surface area contributed by atoms with E-state index in [-0.39, 0.29) is 28.9 Å². The van der Waals surface area contributed by atoms with Crippen molar-refractivity contribution in [3.8, 4) is 0 Å². The van der Waals surface area contributed by atoms with Gasteiger partial charge < -0.3 is 19.9 Å². The van der Waals surface area contributed by atoms with Gasteiger partial charge in [0.1, 0.15) is 17.7 Å². The summed E-state index contributed by atoms with van der Waals surface area (Å²) in [5.74, 6) is -2.27. The van der Waals surface area contributed by atoms with Crippen LogP contribution in [0.2, 0.25) is 0 Å². The van der Waals surface area contributed by atoms with Gasteiger partial charge in [-0.25, -0.2) is 8.78 Å². The third-order valence-corrected chi connectivity index (χ3v) is 6.38. The molecule has 2 aromatic rings. The monoisotopic (exact) mass is 471 g/mol. The minimum absolute atomic E-state index is 0.0199. The summed E-state index contributed by atoms with van der Waals surface area (Å²) in [6, 6.07) is 10.2. The molecule has 0 radical (unpaired) electrons. The lowest BCUT2D eigenvalue weighted by atomic mass is 9.87. The summed E-state index contributed by atoms with van der Waals surface area (Å²) >= 11 is 0. The highest BCUT2D eigenvalue weighted by Gasteiger charge is 2.37. The standard InChI is InChI=1S/C25H27F2N3O4/c26-19-7-5-18(6-8-19)23(31)28-22(25(33)30-13-15-34-16-14-30)17-9-11-29(12-10-17)24(32)20-3-1-2-4-21(20)27/h1-8,17,22H,9-16H2,(H,28,31). The molecule has 4 rings (SSSR count). The second kappa shape index (κ2) is 10.7. The first-order valence-corrected chi connectivity index (χ1v) is 11.4. The Morgan fingerprint density at radius 1 is 0.882 bits per heavy atom. The van der Waals surface area contributed by atoms with Gasteiger partial charge in [0, 0.05) is 31.7 Å². The average Bonchev–Trinajstić information content (AvgIpc) is 2.88. The third kappa shape index (κ3) is 5.41. The summed E-state index contributed by atoms with van der Waals surface area (Å²) in [6.07, 6.45) is 0.954. The summed E-state index contributed by atoms with van der Waals surface area (Å²) in [7, 11) is 0. The number of amides is 3. The topological polar surface area (TPSA) is 79.0 Å². The number of piperidine rings is 1.